The van der Waals surface area contributed by atoms with Gasteiger partial charge in [0.1, 0.15) is 5.75 Å². The SMILES string of the molecule is COc1ccc(-c2c(N)cnn2C)cc1Br. The average Bonchev–Trinajstić information content (AvgIpc) is 2.58. The lowest BCUT2D eigenvalue weighted by Gasteiger charge is -2.07. The molecule has 2 N–H and O–H groups in total. The summed E-state index contributed by atoms with van der Waals surface area (Å²) in [5, 5.41) is 4.11. The molecule has 0 saturated carbocycles. The molecule has 1 aromatic heterocycles. The van der Waals surface area contributed by atoms with Crippen molar-refractivity contribution >= 4 is 21.6 Å². The monoisotopic (exact) mass is 281 g/mol. The number of hydrogen-bond donors (Lipinski definition) is 1. The number of aryl methyl sites for hydroxylation is 1. The van der Waals surface area contributed by atoms with Crippen molar-refractivity contribution in [1.29, 1.82) is 0 Å². The summed E-state index contributed by atoms with van der Waals surface area (Å²) in [5.41, 5.74) is 8.44. The highest BCUT2D eigenvalue weighted by molar-refractivity contribution is 9.10. The van der Waals surface area contributed by atoms with E-state index in [9.17, 15) is 0 Å². The van der Waals surface area contributed by atoms with Crippen molar-refractivity contribution in [3.63, 3.8) is 0 Å². The van der Waals surface area contributed by atoms with Crippen molar-refractivity contribution in [3.8, 4) is 17.0 Å². The molecule has 0 aliphatic heterocycles. The summed E-state index contributed by atoms with van der Waals surface area (Å²) in [7, 11) is 3.50. The Kier molecular flexibility index (Phi) is 2.87. The van der Waals surface area contributed by atoms with Crippen LogP contribution in [0.5, 0.6) is 5.75 Å². The van der Waals surface area contributed by atoms with Crippen LogP contribution in [0.4, 0.5) is 5.69 Å². The summed E-state index contributed by atoms with van der Waals surface area (Å²) in [6.45, 7) is 0. The highest BCUT2D eigenvalue weighted by Crippen LogP contribution is 2.32. The predicted molar refractivity (Wildman–Crippen MR) is 67.3 cm³/mol. The third-order valence-electron chi connectivity index (χ3n) is 2.39. The summed E-state index contributed by atoms with van der Waals surface area (Å²) in [4.78, 5) is 0. The van der Waals surface area contributed by atoms with Crippen molar-refractivity contribution in [2.45, 2.75) is 0 Å². The lowest BCUT2D eigenvalue weighted by Crippen LogP contribution is -1.96. The molecule has 0 unspecified atom stereocenters. The molecule has 0 atom stereocenters. The van der Waals surface area contributed by atoms with E-state index in [0.717, 1.165) is 21.5 Å². The van der Waals surface area contributed by atoms with Crippen molar-refractivity contribution in [2.24, 2.45) is 7.05 Å². The minimum atomic E-state index is 0.666. The van der Waals surface area contributed by atoms with Crippen molar-refractivity contribution in [2.75, 3.05) is 12.8 Å². The maximum absolute atomic E-state index is 5.86. The first-order valence-corrected chi connectivity index (χ1v) is 5.54. The number of ether oxygens (including phenoxy) is 1. The second kappa shape index (κ2) is 4.17. The van der Waals surface area contributed by atoms with E-state index in [2.05, 4.69) is 21.0 Å². The molecule has 16 heavy (non-hydrogen) atoms. The average molecular weight is 282 g/mol. The van der Waals surface area contributed by atoms with Gasteiger partial charge in [0.05, 0.1) is 29.2 Å². The minimum absolute atomic E-state index is 0.666. The molecule has 1 heterocycles. The predicted octanol–water partition coefficient (Wildman–Crippen LogP) is 2.44. The first-order chi connectivity index (χ1) is 7.63. The normalized spacial score (nSPS) is 10.4. The van der Waals surface area contributed by atoms with Crippen molar-refractivity contribution in [3.05, 3.63) is 28.9 Å². The van der Waals surface area contributed by atoms with Gasteiger partial charge in [0.15, 0.2) is 0 Å². The van der Waals surface area contributed by atoms with Crippen LogP contribution >= 0.6 is 15.9 Å². The zero-order chi connectivity index (χ0) is 11.7. The van der Waals surface area contributed by atoms with Crippen LogP contribution in [0.3, 0.4) is 0 Å². The maximum atomic E-state index is 5.86. The fraction of sp³-hybridized carbons (Fsp3) is 0.182. The number of anilines is 1. The second-order valence-corrected chi connectivity index (χ2v) is 4.28. The summed E-state index contributed by atoms with van der Waals surface area (Å²) >= 11 is 3.45. The Balaban J connectivity index is 2.53. The van der Waals surface area contributed by atoms with Crippen LogP contribution in [0.1, 0.15) is 0 Å². The van der Waals surface area contributed by atoms with Crippen molar-refractivity contribution in [1.82, 2.24) is 9.78 Å². The number of benzene rings is 1. The number of methoxy groups -OCH3 is 1. The number of rotatable bonds is 2. The summed E-state index contributed by atoms with van der Waals surface area (Å²) in [5.74, 6) is 0.796. The fourth-order valence-electron chi connectivity index (χ4n) is 1.62. The van der Waals surface area contributed by atoms with Gasteiger partial charge in [-0.15, -0.1) is 0 Å². The van der Waals surface area contributed by atoms with Gasteiger partial charge in [-0.05, 0) is 34.1 Å². The van der Waals surface area contributed by atoms with Gasteiger partial charge in [-0.2, -0.15) is 5.10 Å². The molecule has 84 valence electrons. The van der Waals surface area contributed by atoms with Gasteiger partial charge in [-0.1, -0.05) is 0 Å². The molecule has 0 aliphatic rings. The number of nitrogens with two attached hydrogens (primary N) is 1. The highest BCUT2D eigenvalue weighted by Gasteiger charge is 2.10. The Hall–Kier alpha value is -1.49. The van der Waals surface area contributed by atoms with Gasteiger partial charge in [0.2, 0.25) is 0 Å². The Bertz CT molecular complexity index is 502. The van der Waals surface area contributed by atoms with E-state index >= 15 is 0 Å². The standard InChI is InChI=1S/C11H12BrN3O/c1-15-11(9(13)6-14-15)7-3-4-10(16-2)8(12)5-7/h3-6H,13H2,1-2H3. The molecule has 5 heteroatoms. The van der Waals surface area contributed by atoms with Crippen LogP contribution in [0.15, 0.2) is 28.9 Å². The van der Waals surface area contributed by atoms with Crippen LogP contribution in [0.25, 0.3) is 11.3 Å². The largest absolute Gasteiger partial charge is 0.496 e. The molecule has 0 fully saturated rings. The molecule has 4 nitrogen and oxygen atoms in total. The molecule has 0 amide bonds. The zero-order valence-corrected chi connectivity index (χ0v) is 10.7. The molecule has 0 radical (unpaired) electrons. The number of halogens is 1. The first kappa shape index (κ1) is 11.0. The fourth-order valence-corrected chi connectivity index (χ4v) is 2.16. The quantitative estimate of drug-likeness (QED) is 0.920. The van der Waals surface area contributed by atoms with E-state index in [1.165, 1.54) is 0 Å². The van der Waals surface area contributed by atoms with Crippen LogP contribution in [-0.4, -0.2) is 16.9 Å². The van der Waals surface area contributed by atoms with Gasteiger partial charge in [0.25, 0.3) is 0 Å². The molecule has 2 rings (SSSR count). The van der Waals surface area contributed by atoms with Gasteiger partial charge >= 0.3 is 0 Å². The summed E-state index contributed by atoms with van der Waals surface area (Å²) < 4.78 is 7.83. The highest BCUT2D eigenvalue weighted by atomic mass is 79.9. The number of hydrogen-bond acceptors (Lipinski definition) is 3. The molecule has 2 aromatic rings. The topological polar surface area (TPSA) is 53.1 Å². The van der Waals surface area contributed by atoms with Crippen LogP contribution in [0.2, 0.25) is 0 Å². The van der Waals surface area contributed by atoms with E-state index in [4.69, 9.17) is 10.5 Å². The molecule has 0 aliphatic carbocycles. The van der Waals surface area contributed by atoms with Gasteiger partial charge < -0.3 is 10.5 Å². The molecular formula is C11H12BrN3O. The minimum Gasteiger partial charge on any atom is -0.496 e. The third-order valence-corrected chi connectivity index (χ3v) is 3.01. The van der Waals surface area contributed by atoms with Gasteiger partial charge in [-0.25, -0.2) is 0 Å². The Morgan fingerprint density at radius 1 is 1.44 bits per heavy atom. The lowest BCUT2D eigenvalue weighted by atomic mass is 10.1. The third kappa shape index (κ3) is 1.78. The second-order valence-electron chi connectivity index (χ2n) is 3.42. The summed E-state index contributed by atoms with van der Waals surface area (Å²) in [6.07, 6.45) is 1.65. The van der Waals surface area contributed by atoms with E-state index in [1.807, 2.05) is 25.2 Å². The molecule has 1 aromatic carbocycles. The Labute approximate surface area is 102 Å². The number of nitrogens with zero attached hydrogens (tertiary/aromatic N) is 2. The molecular weight excluding hydrogens is 270 g/mol. The van der Waals surface area contributed by atoms with Gasteiger partial charge in [-0.3, -0.25) is 4.68 Å². The lowest BCUT2D eigenvalue weighted by molar-refractivity contribution is 0.412. The molecule has 0 bridgehead atoms. The smallest absolute Gasteiger partial charge is 0.133 e. The van der Waals surface area contributed by atoms with Crippen LogP contribution in [-0.2, 0) is 7.05 Å². The summed E-state index contributed by atoms with van der Waals surface area (Å²) in [6, 6.07) is 5.81. The maximum Gasteiger partial charge on any atom is 0.133 e. The van der Waals surface area contributed by atoms with E-state index < -0.39 is 0 Å². The van der Waals surface area contributed by atoms with E-state index in [-0.39, 0.29) is 0 Å². The number of aromatic nitrogens is 2. The molecule has 0 spiro atoms. The van der Waals surface area contributed by atoms with Crippen LogP contribution < -0.4 is 10.5 Å². The van der Waals surface area contributed by atoms with Crippen LogP contribution in [0, 0.1) is 0 Å². The Morgan fingerprint density at radius 2 is 2.19 bits per heavy atom. The molecule has 0 saturated heterocycles. The van der Waals surface area contributed by atoms with Crippen molar-refractivity contribution < 1.29 is 4.74 Å². The number of nitrogen functional groups attached to an aromatic ring is 1. The van der Waals surface area contributed by atoms with E-state index in [1.54, 1.807) is 18.0 Å². The zero-order valence-electron chi connectivity index (χ0n) is 9.07. The van der Waals surface area contributed by atoms with E-state index in [0.29, 0.717) is 5.69 Å². The first-order valence-electron chi connectivity index (χ1n) is 4.75. The Morgan fingerprint density at radius 3 is 2.69 bits per heavy atom. The van der Waals surface area contributed by atoms with Gasteiger partial charge in [0, 0.05) is 12.6 Å².